The molecule has 0 aliphatic rings. The van der Waals surface area contributed by atoms with Crippen LogP contribution in [0, 0.1) is 12.3 Å². The number of benzene rings is 1. The molecule has 0 bridgehead atoms. The van der Waals surface area contributed by atoms with E-state index in [1.54, 1.807) is 0 Å². The minimum atomic E-state index is -0.0540. The predicted molar refractivity (Wildman–Crippen MR) is 84.2 cm³/mol. The van der Waals surface area contributed by atoms with E-state index < -0.39 is 0 Å². The molecule has 1 amide bonds. The highest BCUT2D eigenvalue weighted by atomic mass is 32.2. The summed E-state index contributed by atoms with van der Waals surface area (Å²) in [6, 6.07) is 7.58. The molecule has 1 aromatic carbocycles. The molecule has 0 spiro atoms. The molecule has 0 heterocycles. The summed E-state index contributed by atoms with van der Waals surface area (Å²) in [7, 11) is 0. The summed E-state index contributed by atoms with van der Waals surface area (Å²) in [5.74, 6) is 3.39. The van der Waals surface area contributed by atoms with Crippen molar-refractivity contribution in [2.24, 2.45) is 0 Å². The number of thioether (sulfide) groups is 1. The second-order valence-corrected chi connectivity index (χ2v) is 5.34. The first kappa shape index (κ1) is 16.5. The summed E-state index contributed by atoms with van der Waals surface area (Å²) < 4.78 is 5.57. The van der Waals surface area contributed by atoms with E-state index in [9.17, 15) is 4.79 Å². The van der Waals surface area contributed by atoms with Gasteiger partial charge in [0.15, 0.2) is 0 Å². The molecule has 0 atom stereocenters. The van der Waals surface area contributed by atoms with Crippen LogP contribution in [-0.2, 0) is 0 Å². The minimum absolute atomic E-state index is 0.0540. The smallest absolute Gasteiger partial charge is 0.283 e. The van der Waals surface area contributed by atoms with E-state index in [-0.39, 0.29) is 5.24 Å². The van der Waals surface area contributed by atoms with Gasteiger partial charge in [0.05, 0.1) is 6.61 Å². The number of amides is 1. The van der Waals surface area contributed by atoms with Gasteiger partial charge in [-0.25, -0.2) is 0 Å². The van der Waals surface area contributed by atoms with Crippen molar-refractivity contribution < 1.29 is 9.53 Å². The van der Waals surface area contributed by atoms with Gasteiger partial charge in [-0.1, -0.05) is 13.3 Å². The van der Waals surface area contributed by atoms with Crippen molar-refractivity contribution in [2.45, 2.75) is 37.5 Å². The van der Waals surface area contributed by atoms with Crippen molar-refractivity contribution in [3.63, 3.8) is 0 Å². The van der Waals surface area contributed by atoms with Crippen LogP contribution in [0.4, 0.5) is 4.79 Å². The first-order chi connectivity index (χ1) is 9.76. The van der Waals surface area contributed by atoms with Crippen LogP contribution in [-0.4, -0.2) is 18.4 Å². The Kier molecular flexibility index (Phi) is 8.41. The molecule has 0 aromatic heterocycles. The average Bonchev–Trinajstić information content (AvgIpc) is 2.46. The van der Waals surface area contributed by atoms with E-state index >= 15 is 0 Å². The third kappa shape index (κ3) is 7.10. The van der Waals surface area contributed by atoms with Crippen LogP contribution in [0.15, 0.2) is 29.2 Å². The largest absolute Gasteiger partial charge is 0.494 e. The summed E-state index contributed by atoms with van der Waals surface area (Å²) in [6.45, 7) is 3.48. The Bertz CT molecular complexity index is 437. The molecule has 0 saturated carbocycles. The zero-order valence-electron chi connectivity index (χ0n) is 11.9. The van der Waals surface area contributed by atoms with Gasteiger partial charge in [0.2, 0.25) is 0 Å². The van der Waals surface area contributed by atoms with Gasteiger partial charge in [-0.2, -0.15) is 0 Å². The monoisotopic (exact) mass is 291 g/mol. The maximum absolute atomic E-state index is 11.6. The summed E-state index contributed by atoms with van der Waals surface area (Å²) in [5, 5.41) is 2.77. The molecule has 1 N–H and O–H groups in total. The van der Waals surface area contributed by atoms with Gasteiger partial charge in [-0.3, -0.25) is 4.79 Å². The number of hydrogen-bond donors (Lipinski definition) is 1. The van der Waals surface area contributed by atoms with Crippen molar-refractivity contribution >= 4 is 17.0 Å². The highest BCUT2D eigenvalue weighted by Gasteiger charge is 2.04. The molecule has 4 heteroatoms. The summed E-state index contributed by atoms with van der Waals surface area (Å²) in [6.07, 6.45) is 8.82. The number of nitrogens with one attached hydrogen (secondary N) is 1. The van der Waals surface area contributed by atoms with Gasteiger partial charge in [-0.05, 0) is 48.9 Å². The Hall–Kier alpha value is -1.60. The van der Waals surface area contributed by atoms with Gasteiger partial charge in [0.25, 0.3) is 5.24 Å². The summed E-state index contributed by atoms with van der Waals surface area (Å²) in [4.78, 5) is 12.5. The molecule has 0 fully saturated rings. The lowest BCUT2D eigenvalue weighted by molar-refractivity contribution is 0.260. The predicted octanol–water partition coefficient (Wildman–Crippen LogP) is 4.08. The van der Waals surface area contributed by atoms with Crippen LogP contribution in [0.3, 0.4) is 0 Å². The maximum atomic E-state index is 11.6. The minimum Gasteiger partial charge on any atom is -0.494 e. The zero-order valence-corrected chi connectivity index (χ0v) is 12.7. The summed E-state index contributed by atoms with van der Waals surface area (Å²) >= 11 is 1.18. The Balaban J connectivity index is 2.30. The third-order valence-corrected chi connectivity index (χ3v) is 3.41. The van der Waals surface area contributed by atoms with E-state index in [2.05, 4.69) is 18.2 Å². The second-order valence-electron chi connectivity index (χ2n) is 4.30. The lowest BCUT2D eigenvalue weighted by atomic mass is 10.3. The first-order valence-electron chi connectivity index (χ1n) is 6.88. The molecule has 0 aliphatic carbocycles. The first-order valence-corrected chi connectivity index (χ1v) is 7.70. The zero-order chi connectivity index (χ0) is 14.6. The number of unbranched alkanes of at least 4 members (excludes halogenated alkanes) is 2. The number of rotatable bonds is 8. The number of carbonyl (C=O) groups is 1. The molecule has 108 valence electrons. The van der Waals surface area contributed by atoms with E-state index in [4.69, 9.17) is 11.2 Å². The molecule has 0 aliphatic heterocycles. The molecular weight excluding hydrogens is 270 g/mol. The van der Waals surface area contributed by atoms with Gasteiger partial charge in [-0.15, -0.1) is 12.3 Å². The van der Waals surface area contributed by atoms with Gasteiger partial charge < -0.3 is 10.1 Å². The van der Waals surface area contributed by atoms with Crippen molar-refractivity contribution in [2.75, 3.05) is 13.2 Å². The fourth-order valence-electron chi connectivity index (χ4n) is 1.46. The molecule has 0 saturated heterocycles. The molecule has 0 unspecified atom stereocenters. The van der Waals surface area contributed by atoms with Crippen LogP contribution < -0.4 is 10.1 Å². The molecule has 3 nitrogen and oxygen atoms in total. The highest BCUT2D eigenvalue weighted by molar-refractivity contribution is 8.13. The fraction of sp³-hybridized carbons (Fsp3) is 0.438. The maximum Gasteiger partial charge on any atom is 0.283 e. The van der Waals surface area contributed by atoms with Crippen LogP contribution in [0.1, 0.15) is 32.6 Å². The Morgan fingerprint density at radius 3 is 2.75 bits per heavy atom. The Morgan fingerprint density at radius 1 is 1.35 bits per heavy atom. The molecule has 0 radical (unpaired) electrons. The van der Waals surface area contributed by atoms with Crippen molar-refractivity contribution in [1.82, 2.24) is 5.32 Å². The van der Waals surface area contributed by atoms with Crippen LogP contribution >= 0.6 is 11.8 Å². The highest BCUT2D eigenvalue weighted by Crippen LogP contribution is 2.22. The fourth-order valence-corrected chi connectivity index (χ4v) is 2.12. The Labute approximate surface area is 125 Å². The van der Waals surface area contributed by atoms with Crippen molar-refractivity contribution in [3.05, 3.63) is 24.3 Å². The van der Waals surface area contributed by atoms with Gasteiger partial charge in [0, 0.05) is 17.9 Å². The molecule has 1 aromatic rings. The molecular formula is C16H21NO2S. The standard InChI is InChI=1S/C16H21NO2S/c1-3-5-7-12-17-16(18)20-15-10-8-14(9-11-15)19-13-6-4-2/h1,8-11H,4-7,12-13H2,2H3,(H,17,18). The van der Waals surface area contributed by atoms with Gasteiger partial charge >= 0.3 is 0 Å². The number of carbonyl (C=O) groups excluding carboxylic acids is 1. The third-order valence-electron chi connectivity index (χ3n) is 2.57. The topological polar surface area (TPSA) is 38.3 Å². The van der Waals surface area contributed by atoms with E-state index in [1.165, 1.54) is 11.8 Å². The van der Waals surface area contributed by atoms with Crippen molar-refractivity contribution in [3.8, 4) is 18.1 Å². The quantitative estimate of drug-likeness (QED) is 0.445. The van der Waals surface area contributed by atoms with E-state index in [0.29, 0.717) is 13.0 Å². The normalized spacial score (nSPS) is 9.80. The van der Waals surface area contributed by atoms with Crippen molar-refractivity contribution in [1.29, 1.82) is 0 Å². The average molecular weight is 291 g/mol. The van der Waals surface area contributed by atoms with Crippen LogP contribution in [0.2, 0.25) is 0 Å². The van der Waals surface area contributed by atoms with Crippen LogP contribution in [0.25, 0.3) is 0 Å². The van der Waals surface area contributed by atoms with E-state index in [1.807, 2.05) is 24.3 Å². The van der Waals surface area contributed by atoms with E-state index in [0.717, 1.165) is 36.5 Å². The van der Waals surface area contributed by atoms with Gasteiger partial charge in [0.1, 0.15) is 5.75 Å². The second kappa shape index (κ2) is 10.2. The SMILES string of the molecule is C#CCCCNC(=O)Sc1ccc(OCCCC)cc1. The molecule has 20 heavy (non-hydrogen) atoms. The Morgan fingerprint density at radius 2 is 2.10 bits per heavy atom. The van der Waals surface area contributed by atoms with Crippen LogP contribution in [0.5, 0.6) is 5.75 Å². The lowest BCUT2D eigenvalue weighted by Gasteiger charge is -2.06. The number of terminal acetylenes is 1. The summed E-state index contributed by atoms with van der Waals surface area (Å²) in [5.41, 5.74) is 0. The lowest BCUT2D eigenvalue weighted by Crippen LogP contribution is -2.19. The number of hydrogen-bond acceptors (Lipinski definition) is 3. The number of ether oxygens (including phenoxy) is 1. The molecule has 1 rings (SSSR count).